The first-order valence-electron chi connectivity index (χ1n) is 10.4. The third kappa shape index (κ3) is 4.50. The van der Waals surface area contributed by atoms with Gasteiger partial charge in [-0.3, -0.25) is 9.59 Å². The zero-order chi connectivity index (χ0) is 22.0. The molecule has 2 aromatic carbocycles. The van der Waals surface area contributed by atoms with Gasteiger partial charge in [0.05, 0.1) is 16.3 Å². The largest absolute Gasteiger partial charge is 0.488 e. The quantitative estimate of drug-likeness (QED) is 0.688. The normalized spacial score (nSPS) is 16.6. The Balaban J connectivity index is 1.53. The van der Waals surface area contributed by atoms with Gasteiger partial charge in [-0.25, -0.2) is 4.39 Å². The van der Waals surface area contributed by atoms with Crippen molar-refractivity contribution in [3.8, 4) is 5.75 Å². The number of ether oxygens (including phenoxy) is 1. The fraction of sp³-hybridized carbons (Fsp3) is 0.333. The van der Waals surface area contributed by atoms with Gasteiger partial charge in [-0.05, 0) is 56.6 Å². The Morgan fingerprint density at radius 1 is 1.13 bits per heavy atom. The van der Waals surface area contributed by atoms with Gasteiger partial charge in [-0.15, -0.1) is 0 Å². The van der Waals surface area contributed by atoms with E-state index in [0.29, 0.717) is 34.7 Å². The van der Waals surface area contributed by atoms with Crippen molar-refractivity contribution in [3.63, 3.8) is 0 Å². The van der Waals surface area contributed by atoms with E-state index < -0.39 is 5.82 Å². The van der Waals surface area contributed by atoms with Crippen molar-refractivity contribution in [2.24, 2.45) is 0 Å². The van der Waals surface area contributed by atoms with Crippen LogP contribution in [-0.2, 0) is 6.61 Å². The fourth-order valence-corrected chi connectivity index (χ4v) is 4.24. The number of allylic oxidation sites excluding steroid dienone is 2. The summed E-state index contributed by atoms with van der Waals surface area (Å²) < 4.78 is 19.3. The van der Waals surface area contributed by atoms with Crippen LogP contribution in [0.25, 0.3) is 0 Å². The standard InChI is InChI=1S/C24H24ClFN2O3/c1-15-22(27-9-12-28-10-2-3-11-28)24(30)21-17(23(15)29)5-4-6-20(21)31-14-16-7-8-19(26)18(25)13-16/h4-8,13,27H,2-3,9-12,14H2,1H3. The van der Waals surface area contributed by atoms with Crippen LogP contribution in [-0.4, -0.2) is 42.6 Å². The lowest BCUT2D eigenvalue weighted by atomic mass is 9.87. The van der Waals surface area contributed by atoms with Crippen LogP contribution in [0, 0.1) is 5.82 Å². The topological polar surface area (TPSA) is 58.6 Å². The van der Waals surface area contributed by atoms with Crippen LogP contribution in [0.5, 0.6) is 5.75 Å². The van der Waals surface area contributed by atoms with Crippen molar-refractivity contribution in [3.05, 3.63) is 75.2 Å². The summed E-state index contributed by atoms with van der Waals surface area (Å²) in [5.41, 5.74) is 2.01. The summed E-state index contributed by atoms with van der Waals surface area (Å²) >= 11 is 5.84. The van der Waals surface area contributed by atoms with Gasteiger partial charge in [0, 0.05) is 24.2 Å². The molecule has 0 aromatic heterocycles. The summed E-state index contributed by atoms with van der Waals surface area (Å²) in [5.74, 6) is -0.619. The number of hydrogen-bond donors (Lipinski definition) is 1. The third-order valence-electron chi connectivity index (χ3n) is 5.75. The summed E-state index contributed by atoms with van der Waals surface area (Å²) in [4.78, 5) is 28.6. The zero-order valence-electron chi connectivity index (χ0n) is 17.3. The van der Waals surface area contributed by atoms with E-state index in [1.807, 2.05) is 0 Å². The first-order chi connectivity index (χ1) is 15.0. The molecule has 1 saturated heterocycles. The van der Waals surface area contributed by atoms with E-state index in [2.05, 4.69) is 10.2 Å². The molecule has 0 spiro atoms. The van der Waals surface area contributed by atoms with Gasteiger partial charge in [0.2, 0.25) is 5.78 Å². The number of benzene rings is 2. The Morgan fingerprint density at radius 3 is 2.65 bits per heavy atom. The van der Waals surface area contributed by atoms with Crippen LogP contribution >= 0.6 is 11.6 Å². The van der Waals surface area contributed by atoms with Crippen molar-refractivity contribution >= 4 is 23.2 Å². The first-order valence-corrected chi connectivity index (χ1v) is 10.8. The Morgan fingerprint density at radius 2 is 1.90 bits per heavy atom. The molecule has 0 amide bonds. The molecule has 162 valence electrons. The maximum atomic E-state index is 13.4. The molecule has 2 aliphatic rings. The Kier molecular flexibility index (Phi) is 6.39. The Labute approximate surface area is 185 Å². The molecule has 5 nitrogen and oxygen atoms in total. The zero-order valence-corrected chi connectivity index (χ0v) is 18.1. The molecular formula is C24H24ClFN2O3. The highest BCUT2D eigenvalue weighted by Crippen LogP contribution is 2.32. The fourth-order valence-electron chi connectivity index (χ4n) is 4.03. The van der Waals surface area contributed by atoms with Crippen molar-refractivity contribution in [1.29, 1.82) is 0 Å². The number of nitrogens with one attached hydrogen (secondary N) is 1. The van der Waals surface area contributed by atoms with Crippen molar-refractivity contribution in [1.82, 2.24) is 10.2 Å². The number of Topliss-reactive ketones (excluding diaryl/α,β-unsaturated/α-hetero) is 2. The smallest absolute Gasteiger partial charge is 0.213 e. The highest BCUT2D eigenvalue weighted by Gasteiger charge is 2.32. The molecule has 1 aliphatic carbocycles. The second-order valence-corrected chi connectivity index (χ2v) is 8.26. The van der Waals surface area contributed by atoms with Gasteiger partial charge in [-0.2, -0.15) is 0 Å². The van der Waals surface area contributed by atoms with Gasteiger partial charge in [0.15, 0.2) is 5.78 Å². The van der Waals surface area contributed by atoms with Gasteiger partial charge >= 0.3 is 0 Å². The summed E-state index contributed by atoms with van der Waals surface area (Å²) in [5, 5.41) is 3.19. The monoisotopic (exact) mass is 442 g/mol. The van der Waals surface area contributed by atoms with Gasteiger partial charge < -0.3 is 15.0 Å². The molecular weight excluding hydrogens is 419 g/mol. The lowest BCUT2D eigenvalue weighted by molar-refractivity contribution is 0.0964. The number of halogens is 2. The molecule has 0 bridgehead atoms. The number of ketones is 2. The second-order valence-electron chi connectivity index (χ2n) is 7.85. The van der Waals surface area contributed by atoms with E-state index in [1.54, 1.807) is 31.2 Å². The molecule has 1 aliphatic heterocycles. The number of hydrogen-bond acceptors (Lipinski definition) is 5. The maximum absolute atomic E-state index is 13.4. The highest BCUT2D eigenvalue weighted by atomic mass is 35.5. The van der Waals surface area contributed by atoms with E-state index in [9.17, 15) is 14.0 Å². The first kappa shape index (κ1) is 21.5. The number of rotatable bonds is 7. The number of nitrogens with zero attached hydrogens (tertiary/aromatic N) is 1. The van der Waals surface area contributed by atoms with E-state index in [-0.39, 0.29) is 28.8 Å². The number of carbonyl (C=O) groups is 2. The average molecular weight is 443 g/mol. The minimum Gasteiger partial charge on any atom is -0.488 e. The van der Waals surface area contributed by atoms with Gasteiger partial charge in [0.25, 0.3) is 0 Å². The molecule has 1 fully saturated rings. The maximum Gasteiger partial charge on any atom is 0.213 e. The molecule has 0 unspecified atom stereocenters. The van der Waals surface area contributed by atoms with Crippen LogP contribution in [0.15, 0.2) is 47.7 Å². The molecule has 1 heterocycles. The predicted octanol–water partition coefficient (Wildman–Crippen LogP) is 4.40. The third-order valence-corrected chi connectivity index (χ3v) is 6.04. The van der Waals surface area contributed by atoms with Crippen molar-refractivity contribution in [2.45, 2.75) is 26.4 Å². The number of fused-ring (bicyclic) bond motifs is 1. The molecule has 7 heteroatoms. The molecule has 31 heavy (non-hydrogen) atoms. The molecule has 0 atom stereocenters. The van der Waals surface area contributed by atoms with Crippen molar-refractivity contribution < 1.29 is 18.7 Å². The van der Waals surface area contributed by atoms with Gasteiger partial charge in [-0.1, -0.05) is 29.8 Å². The molecule has 0 saturated carbocycles. The minimum absolute atomic E-state index is 0.00508. The van der Waals surface area contributed by atoms with E-state index in [1.165, 1.54) is 25.0 Å². The minimum atomic E-state index is -0.506. The van der Waals surface area contributed by atoms with Crippen LogP contribution in [0.1, 0.15) is 46.0 Å². The number of likely N-dealkylation sites (tertiary alicyclic amines) is 1. The van der Waals surface area contributed by atoms with Crippen LogP contribution in [0.2, 0.25) is 5.02 Å². The van der Waals surface area contributed by atoms with Crippen molar-refractivity contribution in [2.75, 3.05) is 26.2 Å². The molecule has 1 N–H and O–H groups in total. The molecule has 0 radical (unpaired) electrons. The van der Waals surface area contributed by atoms with Crippen LogP contribution in [0.3, 0.4) is 0 Å². The summed E-state index contributed by atoms with van der Waals surface area (Å²) in [6.07, 6.45) is 2.40. The summed E-state index contributed by atoms with van der Waals surface area (Å²) in [6, 6.07) is 9.31. The average Bonchev–Trinajstić information content (AvgIpc) is 3.28. The predicted molar refractivity (Wildman–Crippen MR) is 117 cm³/mol. The molecule has 4 rings (SSSR count). The van der Waals surface area contributed by atoms with E-state index in [4.69, 9.17) is 16.3 Å². The summed E-state index contributed by atoms with van der Waals surface area (Å²) in [7, 11) is 0. The van der Waals surface area contributed by atoms with E-state index >= 15 is 0 Å². The van der Waals surface area contributed by atoms with Gasteiger partial charge in [0.1, 0.15) is 18.2 Å². The SMILES string of the molecule is CC1=C(NCCN2CCCC2)C(=O)c2c(OCc3ccc(F)c(Cl)c3)cccc2C1=O. The van der Waals surface area contributed by atoms with Crippen LogP contribution < -0.4 is 10.1 Å². The molecule has 2 aromatic rings. The second kappa shape index (κ2) is 9.20. The number of carbonyl (C=O) groups excluding carboxylic acids is 2. The lowest BCUT2D eigenvalue weighted by Crippen LogP contribution is -2.35. The van der Waals surface area contributed by atoms with E-state index in [0.717, 1.165) is 19.6 Å². The Hall–Kier alpha value is -2.70. The lowest BCUT2D eigenvalue weighted by Gasteiger charge is -2.23. The Bertz CT molecular complexity index is 1060. The highest BCUT2D eigenvalue weighted by molar-refractivity contribution is 6.30. The van der Waals surface area contributed by atoms with Crippen LogP contribution in [0.4, 0.5) is 4.39 Å². The summed E-state index contributed by atoms with van der Waals surface area (Å²) in [6.45, 7) is 5.34.